The van der Waals surface area contributed by atoms with E-state index in [0.717, 1.165) is 5.56 Å². The molecule has 0 bridgehead atoms. The van der Waals surface area contributed by atoms with Crippen molar-refractivity contribution >= 4 is 29.5 Å². The first-order chi connectivity index (χ1) is 15.0. The number of carbonyl (C=O) groups excluding carboxylic acids is 2. The summed E-state index contributed by atoms with van der Waals surface area (Å²) in [5.74, 6) is -1.24. The van der Waals surface area contributed by atoms with Crippen LogP contribution in [-0.2, 0) is 16.2 Å². The van der Waals surface area contributed by atoms with E-state index in [0.29, 0.717) is 17.0 Å². The van der Waals surface area contributed by atoms with E-state index >= 15 is 0 Å². The molecular weight excluding hydrogens is 396 g/mol. The molecule has 1 fully saturated rings. The number of benzene rings is 3. The normalized spacial score (nSPS) is 14.6. The number of carboxylic acid groups (broad SMARTS) is 1. The fourth-order valence-electron chi connectivity index (χ4n) is 3.05. The number of aromatic carboxylic acids is 1. The Labute approximate surface area is 178 Å². The van der Waals surface area contributed by atoms with Crippen molar-refractivity contribution in [1.29, 1.82) is 0 Å². The number of para-hydroxylation sites is 1. The Morgan fingerprint density at radius 1 is 0.935 bits per heavy atom. The van der Waals surface area contributed by atoms with Gasteiger partial charge in [0, 0.05) is 0 Å². The standard InChI is InChI=1S/C24H18N2O5/c27-22-21(23(28)26(25-22)19-4-2-1-3-5-19)14-16-8-12-20(13-9-16)31-15-17-6-10-18(11-7-17)24(29)30/h1-14H,15H2,(H,25,27)(H,29,30)/b21-14-. The average molecular weight is 414 g/mol. The zero-order valence-electron chi connectivity index (χ0n) is 16.3. The number of nitrogens with one attached hydrogen (secondary N) is 1. The van der Waals surface area contributed by atoms with Crippen molar-refractivity contribution in [1.82, 2.24) is 5.43 Å². The second-order valence-electron chi connectivity index (χ2n) is 6.83. The molecular formula is C24H18N2O5. The van der Waals surface area contributed by atoms with Gasteiger partial charge in [0.2, 0.25) is 0 Å². The lowest BCUT2D eigenvalue weighted by molar-refractivity contribution is -0.117. The van der Waals surface area contributed by atoms with Gasteiger partial charge >= 0.3 is 5.97 Å². The van der Waals surface area contributed by atoms with Gasteiger partial charge in [-0.15, -0.1) is 0 Å². The molecule has 31 heavy (non-hydrogen) atoms. The van der Waals surface area contributed by atoms with E-state index in [1.165, 1.54) is 23.2 Å². The van der Waals surface area contributed by atoms with E-state index in [1.54, 1.807) is 60.7 Å². The number of hydrogen-bond donors (Lipinski definition) is 2. The summed E-state index contributed by atoms with van der Waals surface area (Å²) < 4.78 is 5.71. The summed E-state index contributed by atoms with van der Waals surface area (Å²) in [6, 6.07) is 22.3. The fourth-order valence-corrected chi connectivity index (χ4v) is 3.05. The number of rotatable bonds is 6. The highest BCUT2D eigenvalue weighted by Crippen LogP contribution is 2.22. The van der Waals surface area contributed by atoms with Crippen molar-refractivity contribution in [2.45, 2.75) is 6.61 Å². The quantitative estimate of drug-likeness (QED) is 0.476. The molecule has 2 amide bonds. The van der Waals surface area contributed by atoms with Crippen LogP contribution in [0.1, 0.15) is 21.5 Å². The van der Waals surface area contributed by atoms with Crippen molar-refractivity contribution in [3.63, 3.8) is 0 Å². The van der Waals surface area contributed by atoms with Gasteiger partial charge in [0.1, 0.15) is 17.9 Å². The summed E-state index contributed by atoms with van der Waals surface area (Å²) in [4.78, 5) is 35.8. The molecule has 0 atom stereocenters. The summed E-state index contributed by atoms with van der Waals surface area (Å²) in [7, 11) is 0. The number of hydrazine groups is 1. The Hall–Kier alpha value is -4.39. The summed E-state index contributed by atoms with van der Waals surface area (Å²) in [6.07, 6.45) is 1.54. The van der Waals surface area contributed by atoms with Gasteiger partial charge in [-0.05, 0) is 53.6 Å². The van der Waals surface area contributed by atoms with Crippen LogP contribution in [0.25, 0.3) is 6.08 Å². The largest absolute Gasteiger partial charge is 0.489 e. The minimum absolute atomic E-state index is 0.0519. The van der Waals surface area contributed by atoms with E-state index in [4.69, 9.17) is 9.84 Å². The van der Waals surface area contributed by atoms with Crippen molar-refractivity contribution in [2.24, 2.45) is 0 Å². The van der Waals surface area contributed by atoms with Crippen molar-refractivity contribution in [3.05, 3.63) is 101 Å². The third-order valence-corrected chi connectivity index (χ3v) is 4.70. The van der Waals surface area contributed by atoms with Crippen LogP contribution in [0.2, 0.25) is 0 Å². The molecule has 0 aliphatic carbocycles. The molecule has 0 saturated carbocycles. The van der Waals surface area contributed by atoms with E-state index in [1.807, 2.05) is 6.07 Å². The molecule has 3 aromatic rings. The Morgan fingerprint density at radius 3 is 2.26 bits per heavy atom. The van der Waals surface area contributed by atoms with Gasteiger partial charge < -0.3 is 9.84 Å². The number of carbonyl (C=O) groups is 3. The molecule has 1 heterocycles. The van der Waals surface area contributed by atoms with Gasteiger partial charge in [0.25, 0.3) is 11.8 Å². The van der Waals surface area contributed by atoms with Crippen molar-refractivity contribution in [2.75, 3.05) is 5.01 Å². The number of amides is 2. The first-order valence-electron chi connectivity index (χ1n) is 9.48. The second kappa shape index (κ2) is 8.54. The van der Waals surface area contributed by atoms with E-state index in [9.17, 15) is 14.4 Å². The molecule has 1 aliphatic rings. The molecule has 0 aromatic heterocycles. The maximum Gasteiger partial charge on any atom is 0.335 e. The molecule has 0 radical (unpaired) electrons. The van der Waals surface area contributed by atoms with Gasteiger partial charge in [-0.25, -0.2) is 9.80 Å². The third kappa shape index (κ3) is 4.45. The Balaban J connectivity index is 1.42. The molecule has 0 unspecified atom stereocenters. The zero-order chi connectivity index (χ0) is 21.8. The van der Waals surface area contributed by atoms with Crippen LogP contribution in [0.3, 0.4) is 0 Å². The second-order valence-corrected chi connectivity index (χ2v) is 6.83. The van der Waals surface area contributed by atoms with E-state index in [-0.39, 0.29) is 17.7 Å². The number of anilines is 1. The van der Waals surface area contributed by atoms with Crippen molar-refractivity contribution in [3.8, 4) is 5.75 Å². The monoisotopic (exact) mass is 414 g/mol. The van der Waals surface area contributed by atoms with Crippen LogP contribution in [0.15, 0.2) is 84.4 Å². The molecule has 1 aliphatic heterocycles. The highest BCUT2D eigenvalue weighted by atomic mass is 16.5. The molecule has 1 saturated heterocycles. The van der Waals surface area contributed by atoms with Crippen LogP contribution in [-0.4, -0.2) is 22.9 Å². The Kier molecular flexibility index (Phi) is 5.49. The topological polar surface area (TPSA) is 95.9 Å². The van der Waals surface area contributed by atoms with Gasteiger partial charge in [0.15, 0.2) is 0 Å². The van der Waals surface area contributed by atoms with Gasteiger partial charge in [-0.2, -0.15) is 0 Å². The van der Waals surface area contributed by atoms with E-state index in [2.05, 4.69) is 5.43 Å². The molecule has 7 nitrogen and oxygen atoms in total. The minimum atomic E-state index is -0.974. The van der Waals surface area contributed by atoms with Crippen LogP contribution < -0.4 is 15.2 Å². The Morgan fingerprint density at radius 2 is 1.61 bits per heavy atom. The van der Waals surface area contributed by atoms with Crippen LogP contribution in [0, 0.1) is 0 Å². The summed E-state index contributed by atoms with van der Waals surface area (Å²) >= 11 is 0. The van der Waals surface area contributed by atoms with Crippen LogP contribution in [0.4, 0.5) is 5.69 Å². The maximum atomic E-state index is 12.6. The Bertz CT molecular complexity index is 1150. The predicted molar refractivity (Wildman–Crippen MR) is 114 cm³/mol. The third-order valence-electron chi connectivity index (χ3n) is 4.70. The molecule has 0 spiro atoms. The average Bonchev–Trinajstić information content (AvgIpc) is 3.08. The zero-order valence-corrected chi connectivity index (χ0v) is 16.3. The lowest BCUT2D eigenvalue weighted by Crippen LogP contribution is -2.35. The summed E-state index contributed by atoms with van der Waals surface area (Å²) in [5, 5.41) is 10.2. The highest BCUT2D eigenvalue weighted by Gasteiger charge is 2.34. The summed E-state index contributed by atoms with van der Waals surface area (Å²) in [5.41, 5.74) is 4.95. The maximum absolute atomic E-state index is 12.6. The molecule has 2 N–H and O–H groups in total. The smallest absolute Gasteiger partial charge is 0.335 e. The molecule has 4 rings (SSSR count). The molecule has 154 valence electrons. The van der Waals surface area contributed by atoms with Crippen molar-refractivity contribution < 1.29 is 24.2 Å². The van der Waals surface area contributed by atoms with E-state index < -0.39 is 17.8 Å². The first-order valence-corrected chi connectivity index (χ1v) is 9.48. The van der Waals surface area contributed by atoms with Gasteiger partial charge in [-0.3, -0.25) is 15.0 Å². The lowest BCUT2D eigenvalue weighted by atomic mass is 10.1. The van der Waals surface area contributed by atoms with Gasteiger partial charge in [-0.1, -0.05) is 42.5 Å². The van der Waals surface area contributed by atoms with Crippen LogP contribution in [0.5, 0.6) is 5.75 Å². The predicted octanol–water partition coefficient (Wildman–Crippen LogP) is 3.43. The number of carboxylic acids is 1. The fraction of sp³-hybridized carbons (Fsp3) is 0.0417. The minimum Gasteiger partial charge on any atom is -0.489 e. The number of hydrogen-bond acceptors (Lipinski definition) is 4. The van der Waals surface area contributed by atoms with Crippen LogP contribution >= 0.6 is 0 Å². The highest BCUT2D eigenvalue weighted by molar-refractivity contribution is 6.31. The SMILES string of the molecule is O=C1NN(c2ccccc2)C(=O)/C1=C\c1ccc(OCc2ccc(C(=O)O)cc2)cc1. The van der Waals surface area contributed by atoms with Gasteiger partial charge in [0.05, 0.1) is 11.3 Å². The number of ether oxygens (including phenoxy) is 1. The molecule has 7 heteroatoms. The first kappa shape index (κ1) is 19.9. The lowest BCUT2D eigenvalue weighted by Gasteiger charge is -2.13. The summed E-state index contributed by atoms with van der Waals surface area (Å²) in [6.45, 7) is 0.285. The number of nitrogens with zero attached hydrogens (tertiary/aromatic N) is 1. The molecule has 3 aromatic carbocycles.